The SMILES string of the molecule is CN(C)CCN(Cc1ccccc1)C(=O)Cc1csc(-c2cccnc2)n1. The van der Waals surface area contributed by atoms with Crippen LogP contribution in [-0.2, 0) is 17.8 Å². The van der Waals surface area contributed by atoms with E-state index in [0.717, 1.165) is 28.4 Å². The van der Waals surface area contributed by atoms with Crippen molar-refractivity contribution in [2.24, 2.45) is 0 Å². The molecule has 2 heterocycles. The van der Waals surface area contributed by atoms with E-state index >= 15 is 0 Å². The summed E-state index contributed by atoms with van der Waals surface area (Å²) >= 11 is 1.55. The number of rotatable bonds is 8. The summed E-state index contributed by atoms with van der Waals surface area (Å²) in [4.78, 5) is 25.7. The zero-order chi connectivity index (χ0) is 19.1. The number of carbonyl (C=O) groups excluding carboxylic acids is 1. The molecule has 1 aromatic carbocycles. The Hall–Kier alpha value is -2.57. The molecule has 6 heteroatoms. The number of carbonyl (C=O) groups is 1. The van der Waals surface area contributed by atoms with Crippen LogP contribution in [0.15, 0.2) is 60.2 Å². The Labute approximate surface area is 164 Å². The molecule has 0 spiro atoms. The molecule has 0 aliphatic carbocycles. The molecule has 0 fully saturated rings. The normalized spacial score (nSPS) is 10.9. The highest BCUT2D eigenvalue weighted by molar-refractivity contribution is 7.13. The van der Waals surface area contributed by atoms with E-state index in [1.807, 2.05) is 54.7 Å². The van der Waals surface area contributed by atoms with Gasteiger partial charge in [-0.25, -0.2) is 4.98 Å². The molecule has 0 saturated heterocycles. The standard InChI is InChI=1S/C21H24N4OS/c1-24(2)11-12-25(15-17-7-4-3-5-8-17)20(26)13-19-16-27-21(23-19)18-9-6-10-22-14-18/h3-10,14,16H,11-13,15H2,1-2H3. The first-order chi connectivity index (χ1) is 13.1. The number of hydrogen-bond acceptors (Lipinski definition) is 5. The van der Waals surface area contributed by atoms with Gasteiger partial charge in [-0.1, -0.05) is 30.3 Å². The predicted molar refractivity (Wildman–Crippen MR) is 109 cm³/mol. The smallest absolute Gasteiger partial charge is 0.228 e. The van der Waals surface area contributed by atoms with E-state index < -0.39 is 0 Å². The first-order valence-corrected chi connectivity index (χ1v) is 9.81. The highest BCUT2D eigenvalue weighted by Crippen LogP contribution is 2.23. The fourth-order valence-corrected chi connectivity index (χ4v) is 3.50. The Bertz CT molecular complexity index is 849. The first kappa shape index (κ1) is 19.2. The zero-order valence-electron chi connectivity index (χ0n) is 15.7. The molecule has 3 aromatic rings. The van der Waals surface area contributed by atoms with Crippen molar-refractivity contribution in [2.75, 3.05) is 27.2 Å². The Morgan fingerprint density at radius 2 is 1.89 bits per heavy atom. The Morgan fingerprint density at radius 1 is 1.07 bits per heavy atom. The van der Waals surface area contributed by atoms with Crippen molar-refractivity contribution in [1.82, 2.24) is 19.8 Å². The average Bonchev–Trinajstić information content (AvgIpc) is 3.15. The number of hydrogen-bond donors (Lipinski definition) is 0. The molecular formula is C21H24N4OS. The van der Waals surface area contributed by atoms with E-state index in [1.165, 1.54) is 0 Å². The summed E-state index contributed by atoms with van der Waals surface area (Å²) in [5.74, 6) is 0.101. The third-order valence-electron chi connectivity index (χ3n) is 4.18. The van der Waals surface area contributed by atoms with E-state index in [4.69, 9.17) is 0 Å². The first-order valence-electron chi connectivity index (χ1n) is 8.93. The van der Waals surface area contributed by atoms with Crippen LogP contribution in [0.5, 0.6) is 0 Å². The quantitative estimate of drug-likeness (QED) is 0.601. The molecule has 0 saturated carbocycles. The molecule has 0 atom stereocenters. The van der Waals surface area contributed by atoms with Crippen molar-refractivity contribution in [3.8, 4) is 10.6 Å². The van der Waals surface area contributed by atoms with Gasteiger partial charge in [0.15, 0.2) is 0 Å². The summed E-state index contributed by atoms with van der Waals surface area (Å²) in [6, 6.07) is 14.0. The summed E-state index contributed by atoms with van der Waals surface area (Å²) in [7, 11) is 4.04. The van der Waals surface area contributed by atoms with Crippen LogP contribution in [0.2, 0.25) is 0 Å². The number of likely N-dealkylation sites (N-methyl/N-ethyl adjacent to an activating group) is 1. The fourth-order valence-electron chi connectivity index (χ4n) is 2.69. The van der Waals surface area contributed by atoms with Crippen molar-refractivity contribution in [3.05, 3.63) is 71.5 Å². The van der Waals surface area contributed by atoms with Gasteiger partial charge in [0, 0.05) is 43.0 Å². The Balaban J connectivity index is 1.69. The summed E-state index contributed by atoms with van der Waals surface area (Å²) in [5, 5.41) is 2.86. The lowest BCUT2D eigenvalue weighted by Crippen LogP contribution is -2.37. The maximum Gasteiger partial charge on any atom is 0.228 e. The van der Waals surface area contributed by atoms with Gasteiger partial charge in [-0.05, 0) is 31.8 Å². The monoisotopic (exact) mass is 380 g/mol. The minimum Gasteiger partial charge on any atom is -0.337 e. The summed E-state index contributed by atoms with van der Waals surface area (Å²) < 4.78 is 0. The third kappa shape index (κ3) is 5.70. The molecule has 0 aliphatic rings. The minimum atomic E-state index is 0.101. The van der Waals surface area contributed by atoms with Crippen LogP contribution in [0.1, 0.15) is 11.3 Å². The highest BCUT2D eigenvalue weighted by Gasteiger charge is 2.17. The van der Waals surface area contributed by atoms with Crippen molar-refractivity contribution < 1.29 is 4.79 Å². The van der Waals surface area contributed by atoms with Gasteiger partial charge in [0.05, 0.1) is 12.1 Å². The van der Waals surface area contributed by atoms with E-state index in [-0.39, 0.29) is 5.91 Å². The molecule has 0 aliphatic heterocycles. The van der Waals surface area contributed by atoms with Gasteiger partial charge in [-0.2, -0.15) is 0 Å². The van der Waals surface area contributed by atoms with E-state index in [9.17, 15) is 4.79 Å². The second-order valence-electron chi connectivity index (χ2n) is 6.67. The lowest BCUT2D eigenvalue weighted by molar-refractivity contribution is -0.131. The van der Waals surface area contributed by atoms with Crippen molar-refractivity contribution >= 4 is 17.2 Å². The van der Waals surface area contributed by atoms with Crippen LogP contribution in [0, 0.1) is 0 Å². The maximum atomic E-state index is 12.9. The lowest BCUT2D eigenvalue weighted by Gasteiger charge is -2.24. The van der Waals surface area contributed by atoms with E-state index in [2.05, 4.69) is 27.0 Å². The molecule has 3 rings (SSSR count). The number of thiazole rings is 1. The maximum absolute atomic E-state index is 12.9. The largest absolute Gasteiger partial charge is 0.337 e. The van der Waals surface area contributed by atoms with Gasteiger partial charge in [-0.3, -0.25) is 9.78 Å². The second-order valence-corrected chi connectivity index (χ2v) is 7.52. The van der Waals surface area contributed by atoms with Crippen LogP contribution in [0.3, 0.4) is 0 Å². The van der Waals surface area contributed by atoms with Gasteiger partial charge in [0.2, 0.25) is 5.91 Å². The second kappa shape index (κ2) is 9.39. The molecule has 27 heavy (non-hydrogen) atoms. The Morgan fingerprint density at radius 3 is 2.59 bits per heavy atom. The van der Waals surface area contributed by atoms with Gasteiger partial charge in [0.1, 0.15) is 5.01 Å². The predicted octanol–water partition coefficient (Wildman–Crippen LogP) is 3.34. The minimum absolute atomic E-state index is 0.101. The fraction of sp³-hybridized carbons (Fsp3) is 0.286. The van der Waals surface area contributed by atoms with Gasteiger partial charge in [0.25, 0.3) is 0 Å². The number of aromatic nitrogens is 2. The molecule has 2 aromatic heterocycles. The average molecular weight is 381 g/mol. The van der Waals surface area contributed by atoms with Crippen molar-refractivity contribution in [1.29, 1.82) is 0 Å². The number of nitrogens with zero attached hydrogens (tertiary/aromatic N) is 4. The molecule has 140 valence electrons. The van der Waals surface area contributed by atoms with Gasteiger partial charge >= 0.3 is 0 Å². The molecular weight excluding hydrogens is 356 g/mol. The number of amides is 1. The van der Waals surface area contributed by atoms with Gasteiger partial charge in [-0.15, -0.1) is 11.3 Å². The van der Waals surface area contributed by atoms with Crippen molar-refractivity contribution in [2.45, 2.75) is 13.0 Å². The molecule has 0 N–H and O–H groups in total. The van der Waals surface area contributed by atoms with Crippen LogP contribution in [0.4, 0.5) is 0 Å². The van der Waals surface area contributed by atoms with Crippen LogP contribution in [-0.4, -0.2) is 52.9 Å². The summed E-state index contributed by atoms with van der Waals surface area (Å²) in [5.41, 5.74) is 2.93. The van der Waals surface area contributed by atoms with Crippen LogP contribution in [0.25, 0.3) is 10.6 Å². The van der Waals surface area contributed by atoms with Crippen LogP contribution < -0.4 is 0 Å². The van der Waals surface area contributed by atoms with E-state index in [1.54, 1.807) is 23.7 Å². The number of benzene rings is 1. The molecule has 0 bridgehead atoms. The molecule has 0 unspecified atom stereocenters. The molecule has 5 nitrogen and oxygen atoms in total. The van der Waals surface area contributed by atoms with Gasteiger partial charge < -0.3 is 9.80 Å². The summed E-state index contributed by atoms with van der Waals surface area (Å²) in [6.45, 7) is 2.14. The highest BCUT2D eigenvalue weighted by atomic mass is 32.1. The molecule has 1 amide bonds. The summed E-state index contributed by atoms with van der Waals surface area (Å²) in [6.07, 6.45) is 3.86. The Kier molecular flexibility index (Phi) is 6.68. The van der Waals surface area contributed by atoms with Crippen LogP contribution >= 0.6 is 11.3 Å². The van der Waals surface area contributed by atoms with Crippen molar-refractivity contribution in [3.63, 3.8) is 0 Å². The number of pyridine rings is 1. The molecule has 0 radical (unpaired) electrons. The zero-order valence-corrected chi connectivity index (χ0v) is 16.5. The third-order valence-corrected chi connectivity index (χ3v) is 5.12. The lowest BCUT2D eigenvalue weighted by atomic mass is 10.2. The van der Waals surface area contributed by atoms with E-state index in [0.29, 0.717) is 19.5 Å². The topological polar surface area (TPSA) is 49.3 Å².